The van der Waals surface area contributed by atoms with Crippen molar-refractivity contribution >= 4 is 29.1 Å². The number of hydrogen-bond donors (Lipinski definition) is 0. The van der Waals surface area contributed by atoms with Gasteiger partial charge in [-0.05, 0) is 30.7 Å². The van der Waals surface area contributed by atoms with Crippen molar-refractivity contribution in [3.05, 3.63) is 64.7 Å². The molecular formula is C18H17ClN2O2. The largest absolute Gasteiger partial charge is 0.327 e. The highest BCUT2D eigenvalue weighted by Gasteiger charge is 2.29. The normalized spacial score (nSPS) is 15.0. The smallest absolute Gasteiger partial charge is 0.255 e. The number of benzene rings is 2. The van der Waals surface area contributed by atoms with Crippen molar-refractivity contribution in [2.24, 2.45) is 0 Å². The van der Waals surface area contributed by atoms with Crippen LogP contribution in [0.1, 0.15) is 15.9 Å². The summed E-state index contributed by atoms with van der Waals surface area (Å²) in [4.78, 5) is 28.3. The third-order valence-corrected chi connectivity index (χ3v) is 4.35. The zero-order valence-corrected chi connectivity index (χ0v) is 13.6. The van der Waals surface area contributed by atoms with Crippen molar-refractivity contribution in [2.75, 3.05) is 24.5 Å². The molecule has 1 fully saturated rings. The molecule has 118 valence electrons. The Morgan fingerprint density at radius 1 is 1.04 bits per heavy atom. The monoisotopic (exact) mass is 328 g/mol. The van der Waals surface area contributed by atoms with Crippen LogP contribution in [0.2, 0.25) is 5.02 Å². The lowest BCUT2D eigenvalue weighted by atomic mass is 10.1. The van der Waals surface area contributed by atoms with Gasteiger partial charge in [0.1, 0.15) is 6.54 Å². The van der Waals surface area contributed by atoms with Gasteiger partial charge in [-0.3, -0.25) is 9.59 Å². The Balaban J connectivity index is 1.77. The van der Waals surface area contributed by atoms with Crippen LogP contribution in [0.15, 0.2) is 48.5 Å². The van der Waals surface area contributed by atoms with Gasteiger partial charge < -0.3 is 9.80 Å². The average Bonchev–Trinajstić information content (AvgIpc) is 2.55. The first-order valence-corrected chi connectivity index (χ1v) is 7.85. The summed E-state index contributed by atoms with van der Waals surface area (Å²) in [5.41, 5.74) is 2.39. The molecule has 2 amide bonds. The Hall–Kier alpha value is -2.33. The van der Waals surface area contributed by atoms with Crippen LogP contribution in [-0.4, -0.2) is 36.3 Å². The minimum absolute atomic E-state index is 0.0678. The van der Waals surface area contributed by atoms with E-state index in [4.69, 9.17) is 11.6 Å². The molecule has 0 saturated carbocycles. The maximum atomic E-state index is 12.5. The molecule has 2 aromatic carbocycles. The predicted octanol–water partition coefficient (Wildman–Crippen LogP) is 3.14. The minimum atomic E-state index is -0.201. The van der Waals surface area contributed by atoms with Crippen LogP contribution >= 0.6 is 11.6 Å². The summed E-state index contributed by atoms with van der Waals surface area (Å²) in [6.45, 7) is 3.02. The predicted molar refractivity (Wildman–Crippen MR) is 90.9 cm³/mol. The Morgan fingerprint density at radius 3 is 2.43 bits per heavy atom. The maximum absolute atomic E-state index is 12.5. The zero-order valence-electron chi connectivity index (χ0n) is 12.8. The summed E-state index contributed by atoms with van der Waals surface area (Å²) in [6.07, 6.45) is 0. The lowest BCUT2D eigenvalue weighted by molar-refractivity contribution is -0.120. The number of halogens is 1. The van der Waals surface area contributed by atoms with Crippen molar-refractivity contribution in [1.82, 2.24) is 4.90 Å². The van der Waals surface area contributed by atoms with E-state index in [1.165, 1.54) is 0 Å². The Morgan fingerprint density at radius 2 is 1.74 bits per heavy atom. The number of hydrogen-bond acceptors (Lipinski definition) is 2. The summed E-state index contributed by atoms with van der Waals surface area (Å²) in [5.74, 6) is -0.278. The van der Waals surface area contributed by atoms with E-state index in [1.807, 2.05) is 31.2 Å². The summed E-state index contributed by atoms with van der Waals surface area (Å²) in [7, 11) is 0. The van der Waals surface area contributed by atoms with E-state index in [0.29, 0.717) is 23.7 Å². The van der Waals surface area contributed by atoms with Crippen LogP contribution in [0, 0.1) is 6.92 Å². The molecule has 0 N–H and O–H groups in total. The van der Waals surface area contributed by atoms with E-state index in [2.05, 4.69) is 0 Å². The molecule has 1 aliphatic heterocycles. The molecule has 5 heteroatoms. The summed E-state index contributed by atoms with van der Waals surface area (Å²) in [5, 5.41) is 0.409. The SMILES string of the molecule is Cc1ccccc1N1CCN(C(=O)c2ccccc2Cl)CC1=O. The molecule has 0 bridgehead atoms. The fourth-order valence-corrected chi connectivity index (χ4v) is 2.99. The summed E-state index contributed by atoms with van der Waals surface area (Å²) >= 11 is 6.08. The molecule has 0 radical (unpaired) electrons. The molecule has 1 aliphatic rings. The fourth-order valence-electron chi connectivity index (χ4n) is 2.77. The van der Waals surface area contributed by atoms with Crippen molar-refractivity contribution in [1.29, 1.82) is 0 Å². The van der Waals surface area contributed by atoms with Gasteiger partial charge in [-0.15, -0.1) is 0 Å². The third kappa shape index (κ3) is 3.08. The van der Waals surface area contributed by atoms with Crippen LogP contribution < -0.4 is 4.90 Å². The molecule has 4 nitrogen and oxygen atoms in total. The number of amides is 2. The number of carbonyl (C=O) groups is 2. The first-order valence-electron chi connectivity index (χ1n) is 7.47. The molecule has 0 unspecified atom stereocenters. The van der Waals surface area contributed by atoms with E-state index in [1.54, 1.807) is 34.1 Å². The van der Waals surface area contributed by atoms with Gasteiger partial charge >= 0.3 is 0 Å². The van der Waals surface area contributed by atoms with Crippen molar-refractivity contribution in [3.8, 4) is 0 Å². The minimum Gasteiger partial charge on any atom is -0.327 e. The number of aryl methyl sites for hydroxylation is 1. The van der Waals surface area contributed by atoms with E-state index < -0.39 is 0 Å². The standard InChI is InChI=1S/C18H17ClN2O2/c1-13-6-2-5-9-16(13)21-11-10-20(12-17(21)22)18(23)14-7-3-4-8-15(14)19/h2-9H,10-12H2,1H3. The number of anilines is 1. The van der Waals surface area contributed by atoms with Gasteiger partial charge in [0.25, 0.3) is 5.91 Å². The van der Waals surface area contributed by atoms with E-state index in [0.717, 1.165) is 11.3 Å². The summed E-state index contributed by atoms with van der Waals surface area (Å²) in [6, 6.07) is 14.7. The number of para-hydroxylation sites is 1. The highest BCUT2D eigenvalue weighted by atomic mass is 35.5. The molecule has 2 aromatic rings. The molecule has 0 aromatic heterocycles. The average molecular weight is 329 g/mol. The lowest BCUT2D eigenvalue weighted by Gasteiger charge is -2.35. The quantitative estimate of drug-likeness (QED) is 0.849. The van der Waals surface area contributed by atoms with E-state index in [-0.39, 0.29) is 18.4 Å². The van der Waals surface area contributed by atoms with Gasteiger partial charge in [-0.1, -0.05) is 41.9 Å². The van der Waals surface area contributed by atoms with Gasteiger partial charge in [0.15, 0.2) is 0 Å². The number of nitrogens with zero attached hydrogens (tertiary/aromatic N) is 2. The van der Waals surface area contributed by atoms with Gasteiger partial charge in [0, 0.05) is 18.8 Å². The van der Waals surface area contributed by atoms with Crippen molar-refractivity contribution in [2.45, 2.75) is 6.92 Å². The maximum Gasteiger partial charge on any atom is 0.255 e. The molecule has 23 heavy (non-hydrogen) atoms. The molecule has 1 saturated heterocycles. The van der Waals surface area contributed by atoms with Gasteiger partial charge in [-0.25, -0.2) is 0 Å². The number of piperazine rings is 1. The lowest BCUT2D eigenvalue weighted by Crippen LogP contribution is -2.52. The first kappa shape index (κ1) is 15.6. The molecule has 0 spiro atoms. The van der Waals surface area contributed by atoms with Gasteiger partial charge in [0.05, 0.1) is 10.6 Å². The van der Waals surface area contributed by atoms with Crippen molar-refractivity contribution < 1.29 is 9.59 Å². The van der Waals surface area contributed by atoms with E-state index in [9.17, 15) is 9.59 Å². The number of carbonyl (C=O) groups excluding carboxylic acids is 2. The van der Waals surface area contributed by atoms with Crippen molar-refractivity contribution in [3.63, 3.8) is 0 Å². The second-order valence-corrected chi connectivity index (χ2v) is 5.95. The van der Waals surface area contributed by atoms with Crippen LogP contribution in [-0.2, 0) is 4.79 Å². The number of rotatable bonds is 2. The highest BCUT2D eigenvalue weighted by Crippen LogP contribution is 2.23. The Bertz CT molecular complexity index is 760. The fraction of sp³-hybridized carbons (Fsp3) is 0.222. The zero-order chi connectivity index (χ0) is 16.4. The van der Waals surface area contributed by atoms with Gasteiger partial charge in [0.2, 0.25) is 5.91 Å². The van der Waals surface area contributed by atoms with E-state index >= 15 is 0 Å². The first-order chi connectivity index (χ1) is 11.1. The summed E-state index contributed by atoms with van der Waals surface area (Å²) < 4.78 is 0. The van der Waals surface area contributed by atoms with Gasteiger partial charge in [-0.2, -0.15) is 0 Å². The molecule has 1 heterocycles. The molecule has 0 atom stereocenters. The second kappa shape index (κ2) is 6.42. The highest BCUT2D eigenvalue weighted by molar-refractivity contribution is 6.33. The topological polar surface area (TPSA) is 40.6 Å². The Kier molecular flexibility index (Phi) is 4.35. The van der Waals surface area contributed by atoms with Crippen LogP contribution in [0.5, 0.6) is 0 Å². The van der Waals surface area contributed by atoms with Crippen LogP contribution in [0.4, 0.5) is 5.69 Å². The molecule has 3 rings (SSSR count). The molecule has 0 aliphatic carbocycles. The second-order valence-electron chi connectivity index (χ2n) is 5.54. The Labute approximate surface area is 140 Å². The van der Waals surface area contributed by atoms with Crippen LogP contribution in [0.3, 0.4) is 0 Å². The third-order valence-electron chi connectivity index (χ3n) is 4.02. The molecular weight excluding hydrogens is 312 g/mol. The van der Waals surface area contributed by atoms with Crippen LogP contribution in [0.25, 0.3) is 0 Å².